The van der Waals surface area contributed by atoms with E-state index in [0.29, 0.717) is 24.5 Å². The Hall–Kier alpha value is -3.19. The average molecular weight is 433 g/mol. The number of pyridine rings is 2. The van der Waals surface area contributed by atoms with E-state index in [4.69, 9.17) is 0 Å². The van der Waals surface area contributed by atoms with E-state index in [9.17, 15) is 9.59 Å². The van der Waals surface area contributed by atoms with Gasteiger partial charge in [0.25, 0.3) is 5.91 Å². The largest absolute Gasteiger partial charge is 0.338 e. The number of nitrogens with one attached hydrogen (secondary N) is 1. The first-order valence-corrected chi connectivity index (χ1v) is 11.1. The van der Waals surface area contributed by atoms with Crippen LogP contribution in [0.2, 0.25) is 0 Å². The second-order valence-corrected chi connectivity index (χ2v) is 8.63. The van der Waals surface area contributed by atoms with Gasteiger partial charge in [-0.3, -0.25) is 9.59 Å². The zero-order valence-electron chi connectivity index (χ0n) is 17.3. The van der Waals surface area contributed by atoms with Crippen LogP contribution in [0.5, 0.6) is 0 Å². The van der Waals surface area contributed by atoms with E-state index < -0.39 is 0 Å². The number of carbonyl (C=O) groups excluding carboxylic acids is 2. The van der Waals surface area contributed by atoms with Crippen molar-refractivity contribution in [2.75, 3.05) is 18.4 Å². The third-order valence-electron chi connectivity index (χ3n) is 5.18. The van der Waals surface area contributed by atoms with Crippen LogP contribution < -0.4 is 5.32 Å². The number of hydrogen-bond donors (Lipinski definition) is 1. The Bertz CT molecular complexity index is 1060. The lowest BCUT2D eigenvalue weighted by Crippen LogP contribution is -2.43. The molecule has 1 atom stereocenters. The van der Waals surface area contributed by atoms with Crippen LogP contribution >= 0.6 is 11.8 Å². The zero-order chi connectivity index (χ0) is 21.6. The summed E-state index contributed by atoms with van der Waals surface area (Å²) in [6.45, 7) is 2.97. The molecule has 1 fully saturated rings. The third-order valence-corrected chi connectivity index (χ3v) is 6.14. The minimum Gasteiger partial charge on any atom is -0.338 e. The van der Waals surface area contributed by atoms with E-state index in [1.165, 1.54) is 0 Å². The van der Waals surface area contributed by atoms with Gasteiger partial charge in [-0.2, -0.15) is 0 Å². The molecule has 6 nitrogen and oxygen atoms in total. The van der Waals surface area contributed by atoms with Gasteiger partial charge >= 0.3 is 0 Å². The normalized spacial score (nSPS) is 16.0. The number of nitrogens with zero attached hydrogens (tertiary/aromatic N) is 3. The van der Waals surface area contributed by atoms with Gasteiger partial charge in [-0.05, 0) is 68.3 Å². The molecule has 1 unspecified atom stereocenters. The molecule has 1 aliphatic heterocycles. The van der Waals surface area contributed by atoms with E-state index in [0.717, 1.165) is 28.5 Å². The second-order valence-electron chi connectivity index (χ2n) is 7.54. The first kappa shape index (κ1) is 21.1. The van der Waals surface area contributed by atoms with Crippen molar-refractivity contribution in [3.05, 3.63) is 78.1 Å². The number of piperidine rings is 1. The first-order valence-electron chi connectivity index (χ1n) is 10.3. The molecule has 31 heavy (non-hydrogen) atoms. The Kier molecular flexibility index (Phi) is 6.62. The van der Waals surface area contributed by atoms with Crippen molar-refractivity contribution in [2.45, 2.75) is 29.7 Å². The summed E-state index contributed by atoms with van der Waals surface area (Å²) in [6, 6.07) is 18.9. The minimum absolute atomic E-state index is 0.0411. The summed E-state index contributed by atoms with van der Waals surface area (Å²) in [5.41, 5.74) is 1.48. The molecule has 0 saturated carbocycles. The number of amides is 2. The molecule has 158 valence electrons. The lowest BCUT2D eigenvalue weighted by atomic mass is 9.96. The molecule has 0 radical (unpaired) electrons. The number of benzene rings is 1. The highest BCUT2D eigenvalue weighted by atomic mass is 32.2. The highest BCUT2D eigenvalue weighted by Gasteiger charge is 2.29. The Balaban J connectivity index is 1.37. The number of carbonyl (C=O) groups is 2. The SMILES string of the molecule is Cc1cccc(NC(=O)C2CCCN(C(=O)c3ccc(Sc4ccccn4)cc3)C2)n1. The van der Waals surface area contributed by atoms with Crippen LogP contribution in [-0.4, -0.2) is 39.8 Å². The lowest BCUT2D eigenvalue weighted by molar-refractivity contribution is -0.121. The highest BCUT2D eigenvalue weighted by molar-refractivity contribution is 7.99. The van der Waals surface area contributed by atoms with Crippen molar-refractivity contribution in [1.29, 1.82) is 0 Å². The number of anilines is 1. The van der Waals surface area contributed by atoms with Gasteiger partial charge in [0.1, 0.15) is 10.8 Å². The second kappa shape index (κ2) is 9.75. The molecule has 2 amide bonds. The molecule has 4 rings (SSSR count). The summed E-state index contributed by atoms with van der Waals surface area (Å²) < 4.78 is 0. The number of aryl methyl sites for hydroxylation is 1. The molecule has 1 aromatic carbocycles. The molecule has 7 heteroatoms. The Morgan fingerprint density at radius 3 is 2.65 bits per heavy atom. The van der Waals surface area contributed by atoms with Crippen LogP contribution in [-0.2, 0) is 4.79 Å². The van der Waals surface area contributed by atoms with Gasteiger partial charge in [0.05, 0.1) is 5.92 Å². The van der Waals surface area contributed by atoms with Crippen LogP contribution in [0.15, 0.2) is 76.8 Å². The summed E-state index contributed by atoms with van der Waals surface area (Å²) in [4.78, 5) is 37.1. The highest BCUT2D eigenvalue weighted by Crippen LogP contribution is 2.26. The molecule has 3 heterocycles. The number of aromatic nitrogens is 2. The molecule has 0 aliphatic carbocycles. The van der Waals surface area contributed by atoms with Crippen LogP contribution in [0, 0.1) is 12.8 Å². The van der Waals surface area contributed by atoms with Crippen LogP contribution in [0.4, 0.5) is 5.82 Å². The Morgan fingerprint density at radius 2 is 1.90 bits per heavy atom. The monoisotopic (exact) mass is 432 g/mol. The molecular formula is C24H24N4O2S. The average Bonchev–Trinajstić information content (AvgIpc) is 2.80. The molecule has 1 N–H and O–H groups in total. The fraction of sp³-hybridized carbons (Fsp3) is 0.250. The Labute approximate surface area is 186 Å². The molecule has 0 spiro atoms. The van der Waals surface area contributed by atoms with E-state index >= 15 is 0 Å². The van der Waals surface area contributed by atoms with Gasteiger partial charge in [0.15, 0.2) is 0 Å². The molecule has 3 aromatic rings. The van der Waals surface area contributed by atoms with Gasteiger partial charge in [-0.25, -0.2) is 9.97 Å². The lowest BCUT2D eigenvalue weighted by Gasteiger charge is -2.32. The van der Waals surface area contributed by atoms with Crippen molar-refractivity contribution >= 4 is 29.4 Å². The van der Waals surface area contributed by atoms with Crippen molar-refractivity contribution in [1.82, 2.24) is 14.9 Å². The van der Waals surface area contributed by atoms with Crippen LogP contribution in [0.1, 0.15) is 28.9 Å². The zero-order valence-corrected chi connectivity index (χ0v) is 18.1. The molecule has 2 aromatic heterocycles. The molecule has 0 bridgehead atoms. The summed E-state index contributed by atoms with van der Waals surface area (Å²) in [5, 5.41) is 3.80. The fourth-order valence-corrected chi connectivity index (χ4v) is 4.37. The summed E-state index contributed by atoms with van der Waals surface area (Å²) in [6.07, 6.45) is 3.33. The van der Waals surface area contributed by atoms with E-state index in [2.05, 4.69) is 15.3 Å². The van der Waals surface area contributed by atoms with Gasteiger partial charge in [0.2, 0.25) is 5.91 Å². The van der Waals surface area contributed by atoms with E-state index in [1.807, 2.05) is 61.5 Å². The van der Waals surface area contributed by atoms with Gasteiger partial charge in [-0.1, -0.05) is 23.9 Å². The van der Waals surface area contributed by atoms with Gasteiger partial charge in [-0.15, -0.1) is 0 Å². The van der Waals surface area contributed by atoms with Crippen molar-refractivity contribution < 1.29 is 9.59 Å². The molecule has 1 saturated heterocycles. The molecular weight excluding hydrogens is 408 g/mol. The summed E-state index contributed by atoms with van der Waals surface area (Å²) in [7, 11) is 0. The summed E-state index contributed by atoms with van der Waals surface area (Å²) in [5.74, 6) is 0.187. The smallest absolute Gasteiger partial charge is 0.253 e. The standard InChI is InChI=1S/C24H24N4O2S/c1-17-6-4-8-21(26-17)27-23(29)19-7-5-15-28(16-19)24(30)18-10-12-20(13-11-18)31-22-9-2-3-14-25-22/h2-4,6,8-14,19H,5,7,15-16H2,1H3,(H,26,27,29). The maximum Gasteiger partial charge on any atom is 0.253 e. The molecule has 1 aliphatic rings. The van der Waals surface area contributed by atoms with Crippen LogP contribution in [0.3, 0.4) is 0 Å². The van der Waals surface area contributed by atoms with Crippen molar-refractivity contribution in [3.63, 3.8) is 0 Å². The predicted octanol–water partition coefficient (Wildman–Crippen LogP) is 4.43. The number of likely N-dealkylation sites (tertiary alicyclic amines) is 1. The maximum absolute atomic E-state index is 13.0. The van der Waals surface area contributed by atoms with E-state index in [1.54, 1.807) is 28.9 Å². The van der Waals surface area contributed by atoms with Gasteiger partial charge in [0, 0.05) is 35.4 Å². The Morgan fingerprint density at radius 1 is 1.06 bits per heavy atom. The summed E-state index contributed by atoms with van der Waals surface area (Å²) >= 11 is 1.55. The fourth-order valence-electron chi connectivity index (χ4n) is 3.59. The maximum atomic E-state index is 13.0. The van der Waals surface area contributed by atoms with Crippen LogP contribution in [0.25, 0.3) is 0 Å². The third kappa shape index (κ3) is 5.49. The number of rotatable bonds is 5. The topological polar surface area (TPSA) is 75.2 Å². The minimum atomic E-state index is -0.237. The quantitative estimate of drug-likeness (QED) is 0.646. The van der Waals surface area contributed by atoms with Crippen molar-refractivity contribution in [3.8, 4) is 0 Å². The number of hydrogen-bond acceptors (Lipinski definition) is 5. The predicted molar refractivity (Wildman–Crippen MR) is 121 cm³/mol. The first-order chi connectivity index (χ1) is 15.1. The van der Waals surface area contributed by atoms with E-state index in [-0.39, 0.29) is 17.7 Å². The van der Waals surface area contributed by atoms with Gasteiger partial charge < -0.3 is 10.2 Å². The van der Waals surface area contributed by atoms with Crippen molar-refractivity contribution in [2.24, 2.45) is 5.92 Å².